The first-order valence-corrected chi connectivity index (χ1v) is 7.94. The molecule has 4 heteroatoms. The number of rotatable bonds is 1. The molecular formula is C19H20N2O2. The molecular weight excluding hydrogens is 288 g/mol. The SMILES string of the molecule is Cc1cccc(N2C(=O)N[C@H]3C[C@@]2(C)Oc2ccccc23)c1C. The number of anilines is 1. The van der Waals surface area contributed by atoms with Gasteiger partial charge < -0.3 is 10.1 Å². The van der Waals surface area contributed by atoms with Crippen molar-refractivity contribution in [3.05, 3.63) is 59.2 Å². The number of aryl methyl sites for hydroxylation is 1. The van der Waals surface area contributed by atoms with E-state index in [1.807, 2.05) is 50.2 Å². The van der Waals surface area contributed by atoms with Crippen molar-refractivity contribution in [1.29, 1.82) is 0 Å². The molecule has 2 bridgehead atoms. The predicted molar refractivity (Wildman–Crippen MR) is 89.8 cm³/mol. The molecule has 1 fully saturated rings. The fourth-order valence-electron chi connectivity index (χ4n) is 3.66. The Labute approximate surface area is 136 Å². The van der Waals surface area contributed by atoms with Gasteiger partial charge in [-0.2, -0.15) is 0 Å². The van der Waals surface area contributed by atoms with Crippen LogP contribution in [0.15, 0.2) is 42.5 Å². The van der Waals surface area contributed by atoms with Crippen molar-refractivity contribution in [1.82, 2.24) is 5.32 Å². The molecule has 4 rings (SSSR count). The number of nitrogens with zero attached hydrogens (tertiary/aromatic N) is 1. The van der Waals surface area contributed by atoms with Crippen molar-refractivity contribution in [2.24, 2.45) is 0 Å². The summed E-state index contributed by atoms with van der Waals surface area (Å²) in [5, 5.41) is 3.13. The van der Waals surface area contributed by atoms with E-state index in [0.717, 1.165) is 34.5 Å². The predicted octanol–water partition coefficient (Wildman–Crippen LogP) is 4.07. The highest BCUT2D eigenvalue weighted by atomic mass is 16.5. The Morgan fingerprint density at radius 3 is 2.78 bits per heavy atom. The summed E-state index contributed by atoms with van der Waals surface area (Å²) in [6.45, 7) is 6.10. The number of ether oxygens (including phenoxy) is 1. The van der Waals surface area contributed by atoms with E-state index in [4.69, 9.17) is 4.74 Å². The summed E-state index contributed by atoms with van der Waals surface area (Å²) in [5.74, 6) is 0.849. The van der Waals surface area contributed by atoms with Crippen LogP contribution in [0.4, 0.5) is 10.5 Å². The van der Waals surface area contributed by atoms with Crippen LogP contribution >= 0.6 is 0 Å². The van der Waals surface area contributed by atoms with E-state index in [-0.39, 0.29) is 12.1 Å². The van der Waals surface area contributed by atoms with Crippen molar-refractivity contribution in [2.75, 3.05) is 4.90 Å². The van der Waals surface area contributed by atoms with E-state index < -0.39 is 5.72 Å². The summed E-state index contributed by atoms with van der Waals surface area (Å²) in [7, 11) is 0. The Morgan fingerprint density at radius 1 is 1.17 bits per heavy atom. The number of hydrogen-bond donors (Lipinski definition) is 1. The lowest BCUT2D eigenvalue weighted by atomic mass is 9.89. The maximum atomic E-state index is 12.8. The van der Waals surface area contributed by atoms with Gasteiger partial charge in [0.15, 0.2) is 5.72 Å². The Kier molecular flexibility index (Phi) is 2.92. The maximum absolute atomic E-state index is 12.8. The number of benzene rings is 2. The molecule has 1 N–H and O–H groups in total. The summed E-state index contributed by atoms with van der Waals surface area (Å²) in [4.78, 5) is 14.6. The minimum absolute atomic E-state index is 0.00110. The lowest BCUT2D eigenvalue weighted by molar-refractivity contribution is 0.0378. The third-order valence-electron chi connectivity index (χ3n) is 5.00. The van der Waals surface area contributed by atoms with Crippen LogP contribution in [0.5, 0.6) is 5.75 Å². The van der Waals surface area contributed by atoms with E-state index in [0.29, 0.717) is 0 Å². The molecule has 118 valence electrons. The Bertz CT molecular complexity index is 802. The average Bonchev–Trinajstić information content (AvgIpc) is 2.50. The number of fused-ring (bicyclic) bond motifs is 4. The lowest BCUT2D eigenvalue weighted by Gasteiger charge is -2.51. The first kappa shape index (κ1) is 14.1. The Morgan fingerprint density at radius 2 is 1.96 bits per heavy atom. The molecule has 1 saturated heterocycles. The quantitative estimate of drug-likeness (QED) is 0.862. The van der Waals surface area contributed by atoms with E-state index in [2.05, 4.69) is 18.3 Å². The van der Waals surface area contributed by atoms with Gasteiger partial charge in [0.05, 0.1) is 11.7 Å². The second-order valence-corrected chi connectivity index (χ2v) is 6.58. The second kappa shape index (κ2) is 4.75. The van der Waals surface area contributed by atoms with Gasteiger partial charge in [-0.05, 0) is 44.0 Å². The minimum Gasteiger partial charge on any atom is -0.467 e. The van der Waals surface area contributed by atoms with Gasteiger partial charge in [-0.3, -0.25) is 4.90 Å². The van der Waals surface area contributed by atoms with Gasteiger partial charge in [-0.1, -0.05) is 30.3 Å². The van der Waals surface area contributed by atoms with Gasteiger partial charge in [-0.15, -0.1) is 0 Å². The van der Waals surface area contributed by atoms with Crippen molar-refractivity contribution in [3.8, 4) is 5.75 Å². The monoisotopic (exact) mass is 308 g/mol. The minimum atomic E-state index is -0.681. The van der Waals surface area contributed by atoms with Crippen LogP contribution in [0.25, 0.3) is 0 Å². The van der Waals surface area contributed by atoms with Gasteiger partial charge >= 0.3 is 6.03 Å². The molecule has 0 radical (unpaired) electrons. The summed E-state index contributed by atoms with van der Waals surface area (Å²) in [5.41, 5.74) is 3.55. The van der Waals surface area contributed by atoms with Crippen molar-refractivity contribution < 1.29 is 9.53 Å². The molecule has 2 aromatic carbocycles. The number of carbonyl (C=O) groups is 1. The van der Waals surface area contributed by atoms with Crippen molar-refractivity contribution in [2.45, 2.75) is 39.0 Å². The number of carbonyl (C=O) groups excluding carboxylic acids is 1. The zero-order chi connectivity index (χ0) is 16.2. The first-order valence-electron chi connectivity index (χ1n) is 7.94. The number of urea groups is 1. The number of nitrogens with one attached hydrogen (secondary N) is 1. The molecule has 2 aromatic rings. The fraction of sp³-hybridized carbons (Fsp3) is 0.316. The third-order valence-corrected chi connectivity index (χ3v) is 5.00. The number of amides is 2. The molecule has 2 atom stereocenters. The van der Waals surface area contributed by atoms with Crippen LogP contribution in [0, 0.1) is 13.8 Å². The maximum Gasteiger partial charge on any atom is 0.325 e. The van der Waals surface area contributed by atoms with Crippen LogP contribution in [-0.4, -0.2) is 11.8 Å². The molecule has 23 heavy (non-hydrogen) atoms. The molecule has 2 aliphatic rings. The van der Waals surface area contributed by atoms with Crippen LogP contribution in [0.1, 0.15) is 36.1 Å². The van der Waals surface area contributed by atoms with E-state index in [1.165, 1.54) is 0 Å². The highest BCUT2D eigenvalue weighted by molar-refractivity contribution is 5.95. The lowest BCUT2D eigenvalue weighted by Crippen LogP contribution is -2.65. The molecule has 4 nitrogen and oxygen atoms in total. The molecule has 0 saturated carbocycles. The van der Waals surface area contributed by atoms with Gasteiger partial charge in [0.2, 0.25) is 0 Å². The fourth-order valence-corrected chi connectivity index (χ4v) is 3.66. The van der Waals surface area contributed by atoms with E-state index >= 15 is 0 Å². The average molecular weight is 308 g/mol. The van der Waals surface area contributed by atoms with Gasteiger partial charge in [0.25, 0.3) is 0 Å². The zero-order valence-corrected chi connectivity index (χ0v) is 13.6. The van der Waals surface area contributed by atoms with Crippen LogP contribution in [-0.2, 0) is 0 Å². The highest BCUT2D eigenvalue weighted by Crippen LogP contribution is 2.45. The Hall–Kier alpha value is -2.49. The van der Waals surface area contributed by atoms with E-state index in [1.54, 1.807) is 4.90 Å². The number of hydrogen-bond acceptors (Lipinski definition) is 2. The van der Waals surface area contributed by atoms with Crippen LogP contribution < -0.4 is 15.0 Å². The van der Waals surface area contributed by atoms with Crippen LogP contribution in [0.3, 0.4) is 0 Å². The highest BCUT2D eigenvalue weighted by Gasteiger charge is 2.50. The largest absolute Gasteiger partial charge is 0.467 e. The number of para-hydroxylation sites is 1. The normalized spacial score (nSPS) is 25.4. The summed E-state index contributed by atoms with van der Waals surface area (Å²) in [6.07, 6.45) is 0.725. The molecule has 2 heterocycles. The Balaban J connectivity index is 1.84. The standard InChI is InChI=1S/C19H20N2O2/c1-12-7-6-9-16(13(12)2)21-18(22)20-15-11-19(21,3)23-17-10-5-4-8-14(15)17/h4-10,15H,11H2,1-3H3,(H,20,22)/t15-,19+/m0/s1. The van der Waals surface area contributed by atoms with Gasteiger partial charge in [-0.25, -0.2) is 4.79 Å². The van der Waals surface area contributed by atoms with Gasteiger partial charge in [0, 0.05) is 12.0 Å². The molecule has 2 amide bonds. The van der Waals surface area contributed by atoms with Crippen molar-refractivity contribution >= 4 is 11.7 Å². The molecule has 0 aliphatic carbocycles. The van der Waals surface area contributed by atoms with Crippen LogP contribution in [0.2, 0.25) is 0 Å². The molecule has 0 aromatic heterocycles. The molecule has 0 spiro atoms. The summed E-state index contributed by atoms with van der Waals surface area (Å²) >= 11 is 0. The third kappa shape index (κ3) is 2.01. The van der Waals surface area contributed by atoms with E-state index in [9.17, 15) is 4.79 Å². The first-order chi connectivity index (χ1) is 11.0. The van der Waals surface area contributed by atoms with Gasteiger partial charge in [0.1, 0.15) is 5.75 Å². The summed E-state index contributed by atoms with van der Waals surface area (Å²) in [6, 6.07) is 13.9. The second-order valence-electron chi connectivity index (χ2n) is 6.58. The topological polar surface area (TPSA) is 41.6 Å². The smallest absolute Gasteiger partial charge is 0.325 e. The summed E-state index contributed by atoms with van der Waals surface area (Å²) < 4.78 is 6.29. The zero-order valence-electron chi connectivity index (χ0n) is 13.6. The molecule has 0 unspecified atom stereocenters. The van der Waals surface area contributed by atoms with Crippen molar-refractivity contribution in [3.63, 3.8) is 0 Å². The molecule has 2 aliphatic heterocycles.